The number of hydrogen-bond acceptors (Lipinski definition) is 3. The second-order valence-corrected chi connectivity index (χ2v) is 9.28. The van der Waals surface area contributed by atoms with Gasteiger partial charge in [-0.15, -0.1) is 0 Å². The fourth-order valence-electron chi connectivity index (χ4n) is 3.50. The molecule has 0 N–H and O–H groups in total. The molecule has 2 aliphatic rings. The highest BCUT2D eigenvalue weighted by Gasteiger charge is 2.33. The van der Waals surface area contributed by atoms with Gasteiger partial charge in [-0.25, -0.2) is 8.42 Å². The summed E-state index contributed by atoms with van der Waals surface area (Å²) in [7, 11) is -1.72. The van der Waals surface area contributed by atoms with E-state index in [2.05, 4.69) is 6.92 Å². The average Bonchev–Trinajstić information content (AvgIpc) is 3.46. The molecule has 1 aromatic rings. The van der Waals surface area contributed by atoms with E-state index in [-0.39, 0.29) is 16.8 Å². The third-order valence-electron chi connectivity index (χ3n) is 5.52. The molecule has 1 atom stereocenters. The van der Waals surface area contributed by atoms with Crippen LogP contribution in [0.1, 0.15) is 55.8 Å². The van der Waals surface area contributed by atoms with Crippen LogP contribution < -0.4 is 0 Å². The van der Waals surface area contributed by atoms with Crippen molar-refractivity contribution < 1.29 is 13.2 Å². The van der Waals surface area contributed by atoms with Crippen molar-refractivity contribution in [2.24, 2.45) is 5.92 Å². The van der Waals surface area contributed by atoms with Gasteiger partial charge in [0.1, 0.15) is 0 Å². The van der Waals surface area contributed by atoms with Crippen molar-refractivity contribution in [2.75, 3.05) is 20.1 Å². The van der Waals surface area contributed by atoms with E-state index in [9.17, 15) is 13.2 Å². The molecule has 25 heavy (non-hydrogen) atoms. The molecule has 1 aliphatic heterocycles. The Morgan fingerprint density at radius 2 is 1.80 bits per heavy atom. The Labute approximate surface area is 151 Å². The van der Waals surface area contributed by atoms with E-state index in [0.29, 0.717) is 24.6 Å². The van der Waals surface area contributed by atoms with Gasteiger partial charge in [-0.1, -0.05) is 18.9 Å². The van der Waals surface area contributed by atoms with Gasteiger partial charge in [0.15, 0.2) is 0 Å². The SMILES string of the molecule is C[C@H](C1CC1)N(C)C(=O)c1cccc(S(=O)(=O)N2CCCCCC2)c1. The molecule has 1 amide bonds. The Balaban J connectivity index is 1.81. The van der Waals surface area contributed by atoms with E-state index >= 15 is 0 Å². The molecule has 0 aromatic heterocycles. The van der Waals surface area contributed by atoms with Crippen molar-refractivity contribution in [2.45, 2.75) is 56.4 Å². The summed E-state index contributed by atoms with van der Waals surface area (Å²) in [5, 5.41) is 0. The van der Waals surface area contributed by atoms with Crippen molar-refractivity contribution in [1.82, 2.24) is 9.21 Å². The lowest BCUT2D eigenvalue weighted by Gasteiger charge is -2.25. The van der Waals surface area contributed by atoms with E-state index in [1.165, 1.54) is 12.8 Å². The molecule has 0 unspecified atom stereocenters. The van der Waals surface area contributed by atoms with E-state index in [0.717, 1.165) is 25.7 Å². The average molecular weight is 365 g/mol. The van der Waals surface area contributed by atoms with Gasteiger partial charge in [0, 0.05) is 31.7 Å². The van der Waals surface area contributed by atoms with Crippen LogP contribution in [0.2, 0.25) is 0 Å². The number of amides is 1. The van der Waals surface area contributed by atoms with Crippen molar-refractivity contribution in [3.8, 4) is 0 Å². The Morgan fingerprint density at radius 1 is 1.16 bits per heavy atom. The van der Waals surface area contributed by atoms with Gasteiger partial charge < -0.3 is 4.90 Å². The van der Waals surface area contributed by atoms with E-state index < -0.39 is 10.0 Å². The minimum Gasteiger partial charge on any atom is -0.339 e. The molecule has 0 bridgehead atoms. The lowest BCUT2D eigenvalue weighted by atomic mass is 10.1. The summed E-state index contributed by atoms with van der Waals surface area (Å²) in [4.78, 5) is 14.7. The van der Waals surface area contributed by atoms with Crippen LogP contribution in [0, 0.1) is 5.92 Å². The second kappa shape index (κ2) is 7.46. The minimum atomic E-state index is -3.53. The Hall–Kier alpha value is -1.40. The summed E-state index contributed by atoms with van der Waals surface area (Å²) in [6.45, 7) is 3.20. The molecule has 0 radical (unpaired) electrons. The fourth-order valence-corrected chi connectivity index (χ4v) is 5.07. The third kappa shape index (κ3) is 4.06. The van der Waals surface area contributed by atoms with Gasteiger partial charge >= 0.3 is 0 Å². The smallest absolute Gasteiger partial charge is 0.253 e. The first-order chi connectivity index (χ1) is 11.9. The zero-order chi connectivity index (χ0) is 18.0. The lowest BCUT2D eigenvalue weighted by molar-refractivity contribution is 0.0727. The van der Waals surface area contributed by atoms with Gasteiger partial charge in [0.2, 0.25) is 10.0 Å². The molecule has 1 heterocycles. The first-order valence-corrected chi connectivity index (χ1v) is 10.7. The standard InChI is InChI=1S/C19H28N2O3S/c1-15(16-10-11-16)20(2)19(22)17-8-7-9-18(14-17)25(23,24)21-12-5-3-4-6-13-21/h7-9,14-16H,3-6,10-13H2,1-2H3/t15-/m1/s1. The van der Waals surface area contributed by atoms with Crippen molar-refractivity contribution in [3.05, 3.63) is 29.8 Å². The third-order valence-corrected chi connectivity index (χ3v) is 7.41. The maximum absolute atomic E-state index is 12.9. The number of sulfonamides is 1. The van der Waals surface area contributed by atoms with E-state index in [1.54, 1.807) is 40.5 Å². The highest BCUT2D eigenvalue weighted by atomic mass is 32.2. The van der Waals surface area contributed by atoms with Crippen LogP contribution in [0.4, 0.5) is 0 Å². The van der Waals surface area contributed by atoms with Crippen molar-refractivity contribution in [3.63, 3.8) is 0 Å². The van der Waals surface area contributed by atoms with Crippen LogP contribution in [0.5, 0.6) is 0 Å². The molecular formula is C19H28N2O3S. The number of hydrogen-bond donors (Lipinski definition) is 0. The monoisotopic (exact) mass is 364 g/mol. The summed E-state index contributed by atoms with van der Waals surface area (Å²) in [6.07, 6.45) is 6.30. The Morgan fingerprint density at radius 3 is 2.40 bits per heavy atom. The quantitative estimate of drug-likeness (QED) is 0.806. The van der Waals surface area contributed by atoms with Gasteiger partial charge in [0.25, 0.3) is 5.91 Å². The maximum Gasteiger partial charge on any atom is 0.253 e. The van der Waals surface area contributed by atoms with E-state index in [4.69, 9.17) is 0 Å². The number of rotatable bonds is 5. The fraction of sp³-hybridized carbons (Fsp3) is 0.632. The van der Waals surface area contributed by atoms with Crippen molar-refractivity contribution in [1.29, 1.82) is 0 Å². The zero-order valence-electron chi connectivity index (χ0n) is 15.1. The van der Waals surface area contributed by atoms with Crippen LogP contribution in [0.3, 0.4) is 0 Å². The lowest BCUT2D eigenvalue weighted by Crippen LogP contribution is -2.36. The van der Waals surface area contributed by atoms with Gasteiger partial charge in [-0.3, -0.25) is 4.79 Å². The highest BCUT2D eigenvalue weighted by Crippen LogP contribution is 2.35. The molecule has 138 valence electrons. The summed E-state index contributed by atoms with van der Waals surface area (Å²) in [5.41, 5.74) is 0.450. The first-order valence-electron chi connectivity index (χ1n) is 9.28. The summed E-state index contributed by atoms with van der Waals surface area (Å²) in [5.74, 6) is 0.477. The number of nitrogens with zero attached hydrogens (tertiary/aromatic N) is 2. The molecule has 2 fully saturated rings. The van der Waals surface area contributed by atoms with Crippen molar-refractivity contribution >= 4 is 15.9 Å². The van der Waals surface area contributed by atoms with Crippen LogP contribution in [0.25, 0.3) is 0 Å². The second-order valence-electron chi connectivity index (χ2n) is 7.34. The number of carbonyl (C=O) groups excluding carboxylic acids is 1. The summed E-state index contributed by atoms with van der Waals surface area (Å²) < 4.78 is 27.4. The normalized spacial score (nSPS) is 20.7. The number of carbonyl (C=O) groups is 1. The largest absolute Gasteiger partial charge is 0.339 e. The van der Waals surface area contributed by atoms with Crippen LogP contribution in [-0.4, -0.2) is 49.7 Å². The van der Waals surface area contributed by atoms with Crippen LogP contribution in [0.15, 0.2) is 29.2 Å². The van der Waals surface area contributed by atoms with E-state index in [1.807, 2.05) is 0 Å². The molecule has 3 rings (SSSR count). The Kier molecular flexibility index (Phi) is 5.49. The Bertz CT molecular complexity index is 720. The first kappa shape index (κ1) is 18.4. The molecule has 1 saturated heterocycles. The zero-order valence-corrected chi connectivity index (χ0v) is 16.0. The molecular weight excluding hydrogens is 336 g/mol. The molecule has 1 aliphatic carbocycles. The van der Waals surface area contributed by atoms with Gasteiger partial charge in [0.05, 0.1) is 4.90 Å². The predicted octanol–water partition coefficient (Wildman–Crippen LogP) is 3.12. The molecule has 1 aromatic carbocycles. The predicted molar refractivity (Wildman–Crippen MR) is 97.9 cm³/mol. The maximum atomic E-state index is 12.9. The summed E-state index contributed by atoms with van der Waals surface area (Å²) >= 11 is 0. The topological polar surface area (TPSA) is 57.7 Å². The van der Waals surface area contributed by atoms with Gasteiger partial charge in [-0.2, -0.15) is 4.31 Å². The molecule has 6 heteroatoms. The molecule has 5 nitrogen and oxygen atoms in total. The van der Waals surface area contributed by atoms with Crippen LogP contribution in [-0.2, 0) is 10.0 Å². The van der Waals surface area contributed by atoms with Crippen LogP contribution >= 0.6 is 0 Å². The van der Waals surface area contributed by atoms with Gasteiger partial charge in [-0.05, 0) is 56.7 Å². The summed E-state index contributed by atoms with van der Waals surface area (Å²) in [6, 6.07) is 6.71. The number of benzene rings is 1. The molecule has 0 spiro atoms. The molecule has 1 saturated carbocycles. The minimum absolute atomic E-state index is 0.104. The highest BCUT2D eigenvalue weighted by molar-refractivity contribution is 7.89.